The molecule has 2 aromatic carbocycles. The van der Waals surface area contributed by atoms with Gasteiger partial charge in [0.2, 0.25) is 10.0 Å². The second kappa shape index (κ2) is 12.5. The highest BCUT2D eigenvalue weighted by molar-refractivity contribution is 7.89. The highest BCUT2D eigenvalue weighted by Crippen LogP contribution is 2.27. The monoisotopic (exact) mass is 543 g/mol. The third kappa shape index (κ3) is 6.42. The van der Waals surface area contributed by atoms with Crippen LogP contribution < -0.4 is 10.2 Å². The quantitative estimate of drug-likeness (QED) is 0.460. The number of carbonyl (C=O) groups is 3. The molecular weight excluding hydrogens is 506 g/mol. The second-order valence-corrected chi connectivity index (χ2v) is 11.6. The Labute approximate surface area is 225 Å². The Kier molecular flexibility index (Phi) is 9.67. The van der Waals surface area contributed by atoms with Crippen LogP contribution in [0.4, 0.5) is 5.69 Å². The summed E-state index contributed by atoms with van der Waals surface area (Å²) < 4.78 is 32.6. The summed E-state index contributed by atoms with van der Waals surface area (Å²) in [6, 6.07) is 12.3. The zero-order chi connectivity index (χ0) is 28.0. The summed E-state index contributed by atoms with van der Waals surface area (Å²) >= 11 is 0. The summed E-state index contributed by atoms with van der Waals surface area (Å²) in [5.74, 6) is -2.01. The Morgan fingerprint density at radius 1 is 1.03 bits per heavy atom. The lowest BCUT2D eigenvalue weighted by atomic mass is 10.0. The molecule has 2 aromatic rings. The number of fused-ring (bicyclic) bond motifs is 1. The molecule has 1 N–H and O–H groups in total. The Morgan fingerprint density at radius 2 is 1.71 bits per heavy atom. The lowest BCUT2D eigenvalue weighted by Crippen LogP contribution is -2.49. The first kappa shape index (κ1) is 29.3. The molecule has 10 heteroatoms. The first-order valence-electron chi connectivity index (χ1n) is 13.0. The largest absolute Gasteiger partial charge is 0.451 e. The molecule has 1 aliphatic rings. The second-order valence-electron chi connectivity index (χ2n) is 9.61. The molecule has 0 aliphatic carbocycles. The number of carbonyl (C=O) groups excluding carboxylic acids is 3. The van der Waals surface area contributed by atoms with Crippen LogP contribution in [0.15, 0.2) is 53.4 Å². The number of hydrogen-bond acceptors (Lipinski definition) is 6. The Bertz CT molecular complexity index is 1270. The maximum absolute atomic E-state index is 13.2. The van der Waals surface area contributed by atoms with Crippen LogP contribution in [0.25, 0.3) is 0 Å². The molecule has 2 amide bonds. The fraction of sp³-hybridized carbons (Fsp3) is 0.464. The molecule has 1 aliphatic heterocycles. The van der Waals surface area contributed by atoms with Crippen molar-refractivity contribution in [2.45, 2.75) is 64.5 Å². The SMILES string of the molecule is CCN(CC)S(=O)(=O)c1cccc(C(=O)N[C@@H](C(=O)O[C@@H](C)C(=O)N2CCCc3ccccc32)C(C)C)c1. The predicted molar refractivity (Wildman–Crippen MR) is 145 cm³/mol. The van der Waals surface area contributed by atoms with E-state index in [1.807, 2.05) is 24.3 Å². The molecule has 0 fully saturated rings. The number of sulfonamides is 1. The minimum Gasteiger partial charge on any atom is -0.451 e. The highest BCUT2D eigenvalue weighted by Gasteiger charge is 2.33. The van der Waals surface area contributed by atoms with Gasteiger partial charge in [-0.05, 0) is 55.5 Å². The lowest BCUT2D eigenvalue weighted by molar-refractivity contribution is -0.156. The number of rotatable bonds is 10. The molecule has 38 heavy (non-hydrogen) atoms. The van der Waals surface area contributed by atoms with Gasteiger partial charge < -0.3 is 15.0 Å². The highest BCUT2D eigenvalue weighted by atomic mass is 32.2. The number of benzene rings is 2. The van der Waals surface area contributed by atoms with Gasteiger partial charge in [-0.3, -0.25) is 9.59 Å². The van der Waals surface area contributed by atoms with Gasteiger partial charge in [-0.2, -0.15) is 4.31 Å². The fourth-order valence-corrected chi connectivity index (χ4v) is 6.02. The number of ether oxygens (including phenoxy) is 1. The third-order valence-corrected chi connectivity index (χ3v) is 8.71. The van der Waals surface area contributed by atoms with E-state index < -0.39 is 34.0 Å². The average molecular weight is 544 g/mol. The van der Waals surface area contributed by atoms with Crippen LogP contribution in [0.3, 0.4) is 0 Å². The van der Waals surface area contributed by atoms with E-state index in [1.54, 1.807) is 32.6 Å². The summed E-state index contributed by atoms with van der Waals surface area (Å²) in [6.07, 6.45) is 0.652. The third-order valence-electron chi connectivity index (χ3n) is 6.66. The maximum atomic E-state index is 13.2. The zero-order valence-electron chi connectivity index (χ0n) is 22.6. The van der Waals surface area contributed by atoms with Crippen molar-refractivity contribution in [3.63, 3.8) is 0 Å². The van der Waals surface area contributed by atoms with Gasteiger partial charge in [0.15, 0.2) is 6.10 Å². The van der Waals surface area contributed by atoms with Crippen LogP contribution in [0.1, 0.15) is 57.0 Å². The fourth-order valence-electron chi connectivity index (χ4n) is 4.51. The van der Waals surface area contributed by atoms with E-state index in [-0.39, 0.29) is 22.3 Å². The molecule has 0 aromatic heterocycles. The maximum Gasteiger partial charge on any atom is 0.329 e. The van der Waals surface area contributed by atoms with Crippen molar-refractivity contribution in [1.82, 2.24) is 9.62 Å². The van der Waals surface area contributed by atoms with E-state index in [0.717, 1.165) is 24.1 Å². The topological polar surface area (TPSA) is 113 Å². The number of hydrogen-bond donors (Lipinski definition) is 1. The molecule has 9 nitrogen and oxygen atoms in total. The van der Waals surface area contributed by atoms with Gasteiger partial charge in [0.1, 0.15) is 6.04 Å². The van der Waals surface area contributed by atoms with E-state index in [2.05, 4.69) is 5.32 Å². The molecule has 206 valence electrons. The number of nitrogens with one attached hydrogen (secondary N) is 1. The van der Waals surface area contributed by atoms with Gasteiger partial charge in [0.05, 0.1) is 4.90 Å². The standard InChI is InChI=1S/C28H37N3O6S/c1-6-30(7-2)38(35,36)23-15-10-13-22(18-23)26(32)29-25(19(3)4)28(34)37-20(5)27(33)31-17-11-14-21-12-8-9-16-24(21)31/h8-10,12-13,15-16,18-20,25H,6-7,11,14,17H2,1-5H3,(H,29,32)/t20-,25+/m0/s1. The zero-order valence-corrected chi connectivity index (χ0v) is 23.5. The first-order chi connectivity index (χ1) is 18.0. The van der Waals surface area contributed by atoms with Crippen molar-refractivity contribution in [1.29, 1.82) is 0 Å². The van der Waals surface area contributed by atoms with Gasteiger partial charge in [-0.25, -0.2) is 13.2 Å². The van der Waals surface area contributed by atoms with Gasteiger partial charge >= 0.3 is 5.97 Å². The van der Waals surface area contributed by atoms with Crippen molar-refractivity contribution in [3.8, 4) is 0 Å². The minimum absolute atomic E-state index is 0.00134. The lowest BCUT2D eigenvalue weighted by Gasteiger charge is -2.31. The summed E-state index contributed by atoms with van der Waals surface area (Å²) in [6.45, 7) is 9.65. The Hall–Kier alpha value is -3.24. The normalized spacial score (nSPS) is 15.1. The number of aryl methyl sites for hydroxylation is 1. The molecular formula is C28H37N3O6S. The van der Waals surface area contributed by atoms with Gasteiger partial charge in [0.25, 0.3) is 11.8 Å². The summed E-state index contributed by atoms with van der Waals surface area (Å²) in [5.41, 5.74) is 1.99. The van der Waals surface area contributed by atoms with Gasteiger partial charge in [0, 0.05) is 30.9 Å². The molecule has 0 bridgehead atoms. The summed E-state index contributed by atoms with van der Waals surface area (Å²) in [5, 5.41) is 2.66. The molecule has 0 unspecified atom stereocenters. The number of esters is 1. The van der Waals surface area contributed by atoms with Crippen LogP contribution in [-0.2, 0) is 30.8 Å². The van der Waals surface area contributed by atoms with Crippen LogP contribution in [-0.4, -0.2) is 62.3 Å². The van der Waals surface area contributed by atoms with E-state index in [4.69, 9.17) is 4.74 Å². The Balaban J connectivity index is 1.72. The molecule has 2 atom stereocenters. The molecule has 0 radical (unpaired) electrons. The van der Waals surface area contributed by atoms with Gasteiger partial charge in [-0.1, -0.05) is 52.0 Å². The number of para-hydroxylation sites is 1. The number of anilines is 1. The molecule has 0 spiro atoms. The molecule has 0 saturated carbocycles. The summed E-state index contributed by atoms with van der Waals surface area (Å²) in [7, 11) is -3.76. The smallest absolute Gasteiger partial charge is 0.329 e. The number of amides is 2. The molecule has 3 rings (SSSR count). The predicted octanol–water partition coefficient (Wildman–Crippen LogP) is 3.38. The minimum atomic E-state index is -3.76. The van der Waals surface area contributed by atoms with Crippen molar-refractivity contribution in [2.24, 2.45) is 5.92 Å². The van der Waals surface area contributed by atoms with Crippen LogP contribution in [0.2, 0.25) is 0 Å². The van der Waals surface area contributed by atoms with E-state index in [0.29, 0.717) is 19.6 Å². The average Bonchev–Trinajstić information content (AvgIpc) is 2.91. The van der Waals surface area contributed by atoms with Crippen molar-refractivity contribution >= 4 is 33.5 Å². The first-order valence-corrected chi connectivity index (χ1v) is 14.5. The molecule has 0 saturated heterocycles. The summed E-state index contributed by atoms with van der Waals surface area (Å²) in [4.78, 5) is 40.9. The van der Waals surface area contributed by atoms with E-state index >= 15 is 0 Å². The van der Waals surface area contributed by atoms with Crippen molar-refractivity contribution in [3.05, 3.63) is 59.7 Å². The van der Waals surface area contributed by atoms with Crippen LogP contribution >= 0.6 is 0 Å². The Morgan fingerprint density at radius 3 is 2.37 bits per heavy atom. The van der Waals surface area contributed by atoms with E-state index in [1.165, 1.54) is 35.5 Å². The number of nitrogens with zero attached hydrogens (tertiary/aromatic N) is 2. The van der Waals surface area contributed by atoms with Gasteiger partial charge in [-0.15, -0.1) is 0 Å². The molecule has 1 heterocycles. The van der Waals surface area contributed by atoms with Crippen molar-refractivity contribution < 1.29 is 27.5 Å². The van der Waals surface area contributed by atoms with Crippen LogP contribution in [0, 0.1) is 5.92 Å². The van der Waals surface area contributed by atoms with Crippen molar-refractivity contribution in [2.75, 3.05) is 24.5 Å². The van der Waals surface area contributed by atoms with E-state index in [9.17, 15) is 22.8 Å². The van der Waals surface area contributed by atoms with Crippen LogP contribution in [0.5, 0.6) is 0 Å².